The van der Waals surface area contributed by atoms with Gasteiger partial charge < -0.3 is 24.5 Å². The minimum atomic E-state index is -1.02. The Bertz CT molecular complexity index is 1260. The number of benzene rings is 1. The van der Waals surface area contributed by atoms with Crippen LogP contribution in [0.25, 0.3) is 11.4 Å². The predicted molar refractivity (Wildman–Crippen MR) is 161 cm³/mol. The highest BCUT2D eigenvalue weighted by Gasteiger charge is 2.31. The number of nitrogens with zero attached hydrogens (tertiary/aromatic N) is 4. The summed E-state index contributed by atoms with van der Waals surface area (Å²) < 4.78 is 10.2. The fraction of sp³-hybridized carbons (Fsp3) is 0.533. The molecule has 0 spiro atoms. The van der Waals surface area contributed by atoms with Gasteiger partial charge >= 0.3 is 12.1 Å². The van der Waals surface area contributed by atoms with Crippen molar-refractivity contribution in [1.29, 1.82) is 0 Å². The van der Waals surface area contributed by atoms with Crippen molar-refractivity contribution in [2.75, 3.05) is 32.8 Å². The first-order valence-corrected chi connectivity index (χ1v) is 15.2. The topological polar surface area (TPSA) is 140 Å². The average molecular weight is 616 g/mol. The number of nitrogens with one attached hydrogen (secondary N) is 1. The van der Waals surface area contributed by atoms with E-state index in [4.69, 9.17) is 14.3 Å². The van der Waals surface area contributed by atoms with E-state index in [9.17, 15) is 19.2 Å². The summed E-state index contributed by atoms with van der Waals surface area (Å²) in [6, 6.07) is 9.92. The van der Waals surface area contributed by atoms with Gasteiger partial charge in [-0.25, -0.2) is 14.8 Å². The Morgan fingerprint density at radius 2 is 1.70 bits per heavy atom. The molecule has 3 rings (SSSR count). The third-order valence-electron chi connectivity index (χ3n) is 6.00. The number of hydroxylamine groups is 2. The van der Waals surface area contributed by atoms with E-state index in [0.29, 0.717) is 10.9 Å². The fourth-order valence-corrected chi connectivity index (χ4v) is 4.98. The molecule has 12 nitrogen and oxygen atoms in total. The van der Waals surface area contributed by atoms with Gasteiger partial charge in [-0.15, -0.1) is 16.8 Å². The summed E-state index contributed by atoms with van der Waals surface area (Å²) in [5, 5.41) is 5.08. The highest BCUT2D eigenvalue weighted by molar-refractivity contribution is 7.99. The van der Waals surface area contributed by atoms with Crippen molar-refractivity contribution in [3.63, 3.8) is 0 Å². The van der Waals surface area contributed by atoms with Crippen LogP contribution in [0.3, 0.4) is 0 Å². The second kappa shape index (κ2) is 15.7. The van der Waals surface area contributed by atoms with E-state index >= 15 is 0 Å². The average Bonchev–Trinajstić information content (AvgIpc) is 2.94. The number of ether oxygens (including phenoxy) is 2. The first-order valence-electron chi connectivity index (χ1n) is 14.4. The van der Waals surface area contributed by atoms with Gasteiger partial charge in [0, 0.05) is 36.4 Å². The first-order chi connectivity index (χ1) is 20.3. The van der Waals surface area contributed by atoms with E-state index in [1.54, 1.807) is 38.7 Å². The number of hydrogen-bond donors (Lipinski definition) is 1. The molecule has 1 N–H and O–H groups in total. The Hall–Kier alpha value is -3.71. The molecule has 13 heteroatoms. The largest absolute Gasteiger partial charge is 0.527 e. The summed E-state index contributed by atoms with van der Waals surface area (Å²) in [5.74, 6) is -0.999. The van der Waals surface area contributed by atoms with Crippen LogP contribution in [-0.4, -0.2) is 93.5 Å². The van der Waals surface area contributed by atoms with Crippen molar-refractivity contribution in [2.45, 2.75) is 76.3 Å². The van der Waals surface area contributed by atoms with Crippen molar-refractivity contribution >= 4 is 35.7 Å². The minimum Gasteiger partial charge on any atom is -0.460 e. The zero-order chi connectivity index (χ0) is 31.6. The lowest BCUT2D eigenvalue weighted by Gasteiger charge is -2.35. The molecule has 1 fully saturated rings. The fourth-order valence-electron chi connectivity index (χ4n) is 4.17. The first kappa shape index (κ1) is 33.8. The lowest BCUT2D eigenvalue weighted by Crippen LogP contribution is -2.55. The second-order valence-electron chi connectivity index (χ2n) is 11.1. The van der Waals surface area contributed by atoms with Crippen LogP contribution in [0, 0.1) is 0 Å². The van der Waals surface area contributed by atoms with E-state index in [1.807, 2.05) is 44.2 Å². The molecular weight excluding hydrogens is 574 g/mol. The van der Waals surface area contributed by atoms with Crippen LogP contribution in [0.2, 0.25) is 0 Å². The van der Waals surface area contributed by atoms with Gasteiger partial charge in [-0.3, -0.25) is 14.4 Å². The van der Waals surface area contributed by atoms with Crippen LogP contribution >= 0.6 is 11.8 Å². The Morgan fingerprint density at radius 3 is 2.30 bits per heavy atom. The number of esters is 1. The van der Waals surface area contributed by atoms with Gasteiger partial charge in [0.1, 0.15) is 22.4 Å². The number of carbonyl (C=O) groups excluding carboxylic acids is 4. The SMILES string of the molecule is CCOC(=O)ON1CCN(C(=O)[C@H](CCC(=O)OC(C)(C)C)NC(=O)c2cc(SC(C)C)nc(-c3ccccc3)n2)CC1. The molecule has 0 saturated carbocycles. The molecule has 43 heavy (non-hydrogen) atoms. The summed E-state index contributed by atoms with van der Waals surface area (Å²) in [5.41, 5.74) is 0.178. The van der Waals surface area contributed by atoms with Gasteiger partial charge in [0.05, 0.1) is 19.7 Å². The molecule has 1 atom stereocenters. The van der Waals surface area contributed by atoms with Crippen LogP contribution in [0.15, 0.2) is 41.4 Å². The van der Waals surface area contributed by atoms with Crippen molar-refractivity contribution in [2.24, 2.45) is 0 Å². The molecule has 1 aliphatic heterocycles. The molecule has 2 amide bonds. The number of amides is 2. The maximum absolute atomic E-state index is 13.7. The molecule has 0 bridgehead atoms. The summed E-state index contributed by atoms with van der Waals surface area (Å²) in [6.07, 6.45) is -0.851. The molecule has 1 aromatic carbocycles. The Kier molecular flexibility index (Phi) is 12.3. The zero-order valence-corrected chi connectivity index (χ0v) is 26.4. The molecule has 1 saturated heterocycles. The van der Waals surface area contributed by atoms with Crippen molar-refractivity contribution < 1.29 is 33.5 Å². The van der Waals surface area contributed by atoms with Gasteiger partial charge in [0.25, 0.3) is 5.91 Å². The van der Waals surface area contributed by atoms with Gasteiger partial charge in [-0.1, -0.05) is 44.2 Å². The molecule has 234 valence electrons. The quantitative estimate of drug-likeness (QED) is 0.222. The van der Waals surface area contributed by atoms with Crippen molar-refractivity contribution in [1.82, 2.24) is 25.2 Å². The van der Waals surface area contributed by atoms with E-state index < -0.39 is 29.7 Å². The van der Waals surface area contributed by atoms with Crippen LogP contribution in [0.4, 0.5) is 4.79 Å². The standard InChI is InChI=1S/C30H41N5O7S/c1-7-40-29(39)42-35-17-15-34(16-18-35)28(38)22(13-14-25(36)41-30(4,5)6)32-27(37)23-19-24(43-20(2)3)33-26(31-23)21-11-9-8-10-12-21/h8-12,19-20,22H,7,13-18H2,1-6H3,(H,32,37)/t22-/m0/s1. The minimum absolute atomic E-state index is 0.0310. The number of thioether (sulfide) groups is 1. The van der Waals surface area contributed by atoms with Crippen molar-refractivity contribution in [3.05, 3.63) is 42.1 Å². The van der Waals surface area contributed by atoms with Gasteiger partial charge in [-0.2, -0.15) is 0 Å². The molecule has 2 aromatic rings. The lowest BCUT2D eigenvalue weighted by atomic mass is 10.1. The van der Waals surface area contributed by atoms with Crippen molar-refractivity contribution in [3.8, 4) is 11.4 Å². The van der Waals surface area contributed by atoms with Crippen LogP contribution < -0.4 is 5.32 Å². The van der Waals surface area contributed by atoms with E-state index in [2.05, 4.69) is 15.3 Å². The third-order valence-corrected chi connectivity index (χ3v) is 6.92. The Balaban J connectivity index is 1.80. The van der Waals surface area contributed by atoms with E-state index in [1.165, 1.54) is 16.8 Å². The number of carbonyl (C=O) groups is 4. The molecule has 2 heterocycles. The molecular formula is C30H41N5O7S. The molecule has 0 radical (unpaired) electrons. The molecule has 1 aliphatic rings. The van der Waals surface area contributed by atoms with Gasteiger partial charge in [-0.05, 0) is 34.1 Å². The third kappa shape index (κ3) is 11.1. The maximum Gasteiger partial charge on any atom is 0.527 e. The van der Waals surface area contributed by atoms with Gasteiger partial charge in [0.2, 0.25) is 5.91 Å². The maximum atomic E-state index is 13.7. The predicted octanol–water partition coefficient (Wildman–Crippen LogP) is 4.10. The van der Waals surface area contributed by atoms with E-state index in [0.717, 1.165) is 5.56 Å². The van der Waals surface area contributed by atoms with Gasteiger partial charge in [0.15, 0.2) is 5.82 Å². The van der Waals surface area contributed by atoms with E-state index in [-0.39, 0.29) is 62.5 Å². The van der Waals surface area contributed by atoms with Crippen LogP contribution in [0.5, 0.6) is 0 Å². The van der Waals surface area contributed by atoms with Crippen LogP contribution in [0.1, 0.15) is 64.9 Å². The Morgan fingerprint density at radius 1 is 1.02 bits per heavy atom. The molecule has 1 aromatic heterocycles. The number of piperazine rings is 1. The summed E-state index contributed by atoms with van der Waals surface area (Å²) in [6.45, 7) is 12.2. The molecule has 0 unspecified atom stereocenters. The smallest absolute Gasteiger partial charge is 0.460 e. The Labute approximate surface area is 256 Å². The number of hydrogen-bond acceptors (Lipinski definition) is 11. The summed E-state index contributed by atoms with van der Waals surface area (Å²) in [7, 11) is 0. The highest BCUT2D eigenvalue weighted by Crippen LogP contribution is 2.25. The summed E-state index contributed by atoms with van der Waals surface area (Å²) in [4.78, 5) is 67.3. The number of aromatic nitrogens is 2. The monoisotopic (exact) mass is 615 g/mol. The lowest BCUT2D eigenvalue weighted by molar-refractivity contribution is -0.158. The summed E-state index contributed by atoms with van der Waals surface area (Å²) >= 11 is 1.50. The molecule has 0 aliphatic carbocycles. The normalized spacial score (nSPS) is 14.6. The highest BCUT2D eigenvalue weighted by atomic mass is 32.2. The van der Waals surface area contributed by atoms with Crippen LogP contribution in [-0.2, 0) is 23.9 Å². The number of rotatable bonds is 11. The zero-order valence-electron chi connectivity index (χ0n) is 25.6. The second-order valence-corrected chi connectivity index (χ2v) is 12.7.